The van der Waals surface area contributed by atoms with Gasteiger partial charge in [-0.05, 0) is 56.4 Å². The smallest absolute Gasteiger partial charge is 0.215 e. The highest BCUT2D eigenvalue weighted by atomic mass is 32.1. The maximum Gasteiger partial charge on any atom is 0.215 e. The molecule has 2 atom stereocenters. The molecule has 0 bridgehead atoms. The molecule has 0 radical (unpaired) electrons. The molecule has 1 aliphatic carbocycles. The highest BCUT2D eigenvalue weighted by Crippen LogP contribution is 2.39. The first-order chi connectivity index (χ1) is 15.1. The van der Waals surface area contributed by atoms with Crippen LogP contribution in [0.2, 0.25) is 0 Å². The van der Waals surface area contributed by atoms with Crippen molar-refractivity contribution in [3.8, 4) is 11.5 Å². The highest BCUT2D eigenvalue weighted by molar-refractivity contribution is 7.14. The molecule has 4 aromatic rings. The van der Waals surface area contributed by atoms with Gasteiger partial charge >= 0.3 is 0 Å². The third-order valence-electron chi connectivity index (χ3n) is 6.05. The van der Waals surface area contributed by atoms with Crippen LogP contribution in [0.5, 0.6) is 0 Å². The Morgan fingerprint density at radius 3 is 2.90 bits per heavy atom. The number of imidazole rings is 1. The second kappa shape index (κ2) is 8.30. The molecule has 0 saturated heterocycles. The normalized spacial score (nSPS) is 19.0. The van der Waals surface area contributed by atoms with Crippen molar-refractivity contribution in [2.24, 2.45) is 5.92 Å². The summed E-state index contributed by atoms with van der Waals surface area (Å²) in [4.78, 5) is 27.8. The van der Waals surface area contributed by atoms with E-state index in [9.17, 15) is 9.18 Å². The number of pyridine rings is 2. The monoisotopic (exact) mass is 434 g/mol. The van der Waals surface area contributed by atoms with Gasteiger partial charge in [0.2, 0.25) is 5.95 Å². The van der Waals surface area contributed by atoms with Crippen molar-refractivity contribution >= 4 is 28.2 Å². The molecule has 5 nitrogen and oxygen atoms in total. The fourth-order valence-corrected chi connectivity index (χ4v) is 5.47. The SMILES string of the molecule is Cc1ccc(C(=O)C[C@@H]2CCC[C@H](n3c(-c4ccccn4)nc4cnc(F)cc43)C2)s1. The molecule has 1 fully saturated rings. The van der Waals surface area contributed by atoms with Gasteiger partial charge in [-0.2, -0.15) is 4.39 Å². The summed E-state index contributed by atoms with van der Waals surface area (Å²) in [5.41, 5.74) is 2.15. The highest BCUT2D eigenvalue weighted by Gasteiger charge is 2.29. The minimum Gasteiger partial charge on any atom is -0.319 e. The lowest BCUT2D eigenvalue weighted by Gasteiger charge is -2.31. The van der Waals surface area contributed by atoms with E-state index in [0.717, 1.165) is 52.5 Å². The fraction of sp³-hybridized carbons (Fsp3) is 0.333. The van der Waals surface area contributed by atoms with Crippen LogP contribution < -0.4 is 0 Å². The van der Waals surface area contributed by atoms with Gasteiger partial charge in [0.1, 0.15) is 11.2 Å². The van der Waals surface area contributed by atoms with Crippen molar-refractivity contribution in [1.29, 1.82) is 0 Å². The number of fused-ring (bicyclic) bond motifs is 1. The summed E-state index contributed by atoms with van der Waals surface area (Å²) in [5.74, 6) is 0.736. The van der Waals surface area contributed by atoms with Crippen LogP contribution >= 0.6 is 11.3 Å². The summed E-state index contributed by atoms with van der Waals surface area (Å²) < 4.78 is 16.1. The van der Waals surface area contributed by atoms with Crippen molar-refractivity contribution < 1.29 is 9.18 Å². The van der Waals surface area contributed by atoms with Gasteiger partial charge in [-0.15, -0.1) is 11.3 Å². The molecule has 4 aromatic heterocycles. The summed E-state index contributed by atoms with van der Waals surface area (Å²) >= 11 is 1.56. The summed E-state index contributed by atoms with van der Waals surface area (Å²) in [6, 6.07) is 11.2. The minimum absolute atomic E-state index is 0.139. The van der Waals surface area contributed by atoms with E-state index in [2.05, 4.69) is 14.5 Å². The number of aromatic nitrogens is 4. The molecule has 0 spiro atoms. The Kier molecular flexibility index (Phi) is 5.36. The Morgan fingerprint density at radius 2 is 2.13 bits per heavy atom. The van der Waals surface area contributed by atoms with Crippen LogP contribution in [0.4, 0.5) is 4.39 Å². The number of halogens is 1. The summed E-state index contributed by atoms with van der Waals surface area (Å²) in [6.45, 7) is 2.02. The molecule has 158 valence electrons. The molecule has 4 heterocycles. The molecule has 0 amide bonds. The molecule has 7 heteroatoms. The quantitative estimate of drug-likeness (QED) is 0.285. The standard InChI is InChI=1S/C24H23FN4OS/c1-15-8-9-22(31-15)21(30)12-16-5-4-6-17(11-16)29-20-13-23(25)27-14-19(20)28-24(29)18-7-2-3-10-26-18/h2-3,7-10,13-14,16-17H,4-6,11-12H2,1H3/t16-,17+/m1/s1. The lowest BCUT2D eigenvalue weighted by molar-refractivity contribution is 0.0946. The number of rotatable bonds is 5. The van der Waals surface area contributed by atoms with Gasteiger partial charge in [-0.25, -0.2) is 9.97 Å². The average molecular weight is 435 g/mol. The second-order valence-corrected chi connectivity index (χ2v) is 9.53. The van der Waals surface area contributed by atoms with Crippen molar-refractivity contribution in [1.82, 2.24) is 19.5 Å². The number of ketones is 1. The number of nitrogens with zero attached hydrogens (tertiary/aromatic N) is 4. The predicted molar refractivity (Wildman–Crippen MR) is 120 cm³/mol. The van der Waals surface area contributed by atoms with E-state index in [-0.39, 0.29) is 11.8 Å². The van der Waals surface area contributed by atoms with Crippen molar-refractivity contribution in [2.45, 2.75) is 45.1 Å². The third kappa shape index (κ3) is 4.02. The summed E-state index contributed by atoms with van der Waals surface area (Å²) in [6.07, 6.45) is 7.68. The Balaban J connectivity index is 1.48. The van der Waals surface area contributed by atoms with Crippen LogP contribution in [0.1, 0.15) is 52.7 Å². The maximum absolute atomic E-state index is 14.0. The predicted octanol–water partition coefficient (Wildman–Crippen LogP) is 6.01. The van der Waals surface area contributed by atoms with Crippen LogP contribution in [-0.2, 0) is 0 Å². The zero-order valence-corrected chi connectivity index (χ0v) is 18.1. The van der Waals surface area contributed by atoms with Crippen LogP contribution in [0.3, 0.4) is 0 Å². The largest absolute Gasteiger partial charge is 0.319 e. The summed E-state index contributed by atoms with van der Waals surface area (Å²) in [7, 11) is 0. The van der Waals surface area contributed by atoms with E-state index in [4.69, 9.17) is 4.98 Å². The number of carbonyl (C=O) groups excluding carboxylic acids is 1. The van der Waals surface area contributed by atoms with E-state index in [1.165, 1.54) is 12.3 Å². The first-order valence-electron chi connectivity index (χ1n) is 10.6. The summed E-state index contributed by atoms with van der Waals surface area (Å²) in [5, 5.41) is 0. The molecule has 1 aliphatic rings. The van der Waals surface area contributed by atoms with Gasteiger partial charge in [-0.3, -0.25) is 9.78 Å². The van der Waals surface area contributed by atoms with Gasteiger partial charge in [-0.1, -0.05) is 12.5 Å². The topological polar surface area (TPSA) is 60.7 Å². The molecule has 5 rings (SSSR count). The zero-order valence-electron chi connectivity index (χ0n) is 17.3. The van der Waals surface area contributed by atoms with E-state index in [1.54, 1.807) is 17.5 Å². The Morgan fingerprint density at radius 1 is 1.23 bits per heavy atom. The fourth-order valence-electron chi connectivity index (χ4n) is 4.65. The molecule has 0 aliphatic heterocycles. The first-order valence-corrected chi connectivity index (χ1v) is 11.4. The molecular weight excluding hydrogens is 411 g/mol. The van der Waals surface area contributed by atoms with E-state index in [0.29, 0.717) is 17.9 Å². The number of Topliss-reactive ketones (excluding diaryl/α,β-unsaturated/α-hetero) is 1. The Hall–Kier alpha value is -2.93. The van der Waals surface area contributed by atoms with Crippen LogP contribution in [0, 0.1) is 18.8 Å². The van der Waals surface area contributed by atoms with Crippen molar-refractivity contribution in [3.05, 3.63) is 64.5 Å². The molecule has 0 N–H and O–H groups in total. The van der Waals surface area contributed by atoms with Crippen LogP contribution in [0.25, 0.3) is 22.6 Å². The van der Waals surface area contributed by atoms with Crippen LogP contribution in [0.15, 0.2) is 48.8 Å². The van der Waals surface area contributed by atoms with Crippen LogP contribution in [-0.4, -0.2) is 25.3 Å². The lowest BCUT2D eigenvalue weighted by atomic mass is 9.82. The minimum atomic E-state index is -0.517. The van der Waals surface area contributed by atoms with E-state index >= 15 is 0 Å². The second-order valence-electron chi connectivity index (χ2n) is 8.24. The number of aryl methyl sites for hydroxylation is 1. The third-order valence-corrected chi connectivity index (χ3v) is 7.09. The van der Waals surface area contributed by atoms with Crippen molar-refractivity contribution in [2.75, 3.05) is 0 Å². The van der Waals surface area contributed by atoms with Gasteiger partial charge in [0.05, 0.1) is 16.6 Å². The molecular formula is C24H23FN4OS. The van der Waals surface area contributed by atoms with E-state index in [1.807, 2.05) is 37.3 Å². The molecule has 0 unspecified atom stereocenters. The lowest BCUT2D eigenvalue weighted by Crippen LogP contribution is -2.22. The molecule has 31 heavy (non-hydrogen) atoms. The van der Waals surface area contributed by atoms with Gasteiger partial charge in [0.15, 0.2) is 11.6 Å². The number of hydrogen-bond acceptors (Lipinski definition) is 5. The van der Waals surface area contributed by atoms with Gasteiger partial charge < -0.3 is 4.57 Å². The average Bonchev–Trinajstić information content (AvgIpc) is 3.38. The van der Waals surface area contributed by atoms with Gasteiger partial charge in [0.25, 0.3) is 0 Å². The molecule has 0 aromatic carbocycles. The Bertz CT molecular complexity index is 1230. The van der Waals surface area contributed by atoms with Crippen molar-refractivity contribution in [3.63, 3.8) is 0 Å². The number of thiophene rings is 1. The number of hydrogen-bond donors (Lipinski definition) is 0. The maximum atomic E-state index is 14.0. The van der Waals surface area contributed by atoms with Gasteiger partial charge in [0, 0.05) is 29.6 Å². The Labute approximate surface area is 184 Å². The van der Waals surface area contributed by atoms with E-state index < -0.39 is 5.95 Å². The zero-order chi connectivity index (χ0) is 21.4. The number of carbonyl (C=O) groups is 1. The first kappa shape index (κ1) is 20.0. The molecule has 1 saturated carbocycles.